The summed E-state index contributed by atoms with van der Waals surface area (Å²) < 4.78 is 0. The van der Waals surface area contributed by atoms with Gasteiger partial charge in [-0.25, -0.2) is 0 Å². The monoisotopic (exact) mass is 396 g/mol. The Kier molecular flexibility index (Phi) is 8.45. The highest BCUT2D eigenvalue weighted by molar-refractivity contribution is 7.80. The number of hydrazone groups is 1. The minimum absolute atomic E-state index is 0.486. The van der Waals surface area contributed by atoms with Crippen LogP contribution in [0.4, 0.5) is 11.4 Å². The molecule has 0 aliphatic heterocycles. The van der Waals surface area contributed by atoms with Crippen LogP contribution in [0.5, 0.6) is 0 Å². The highest BCUT2D eigenvalue weighted by Crippen LogP contribution is 2.21. The first-order valence-corrected chi connectivity index (χ1v) is 10.4. The lowest BCUT2D eigenvalue weighted by molar-refractivity contribution is 0.732. The van der Waals surface area contributed by atoms with Crippen molar-refractivity contribution in [2.45, 2.75) is 47.5 Å². The van der Waals surface area contributed by atoms with Crippen molar-refractivity contribution in [2.24, 2.45) is 5.10 Å². The van der Waals surface area contributed by atoms with Gasteiger partial charge in [-0.3, -0.25) is 5.43 Å². The highest BCUT2D eigenvalue weighted by atomic mass is 32.1. The van der Waals surface area contributed by atoms with Crippen LogP contribution in [0.2, 0.25) is 0 Å². The summed E-state index contributed by atoms with van der Waals surface area (Å²) in [7, 11) is 0. The molecule has 0 amide bonds. The van der Waals surface area contributed by atoms with Gasteiger partial charge in [0.25, 0.3) is 0 Å². The molecule has 5 heteroatoms. The largest absolute Gasteiger partial charge is 0.372 e. The molecule has 0 spiro atoms. The molecule has 28 heavy (non-hydrogen) atoms. The Hall–Kier alpha value is -2.40. The first kappa shape index (κ1) is 21.9. The van der Waals surface area contributed by atoms with E-state index in [-0.39, 0.29) is 0 Å². The fraction of sp³-hybridized carbons (Fsp3) is 0.391. The smallest absolute Gasteiger partial charge is 0.191 e. The van der Waals surface area contributed by atoms with Gasteiger partial charge in [-0.15, -0.1) is 0 Å². The van der Waals surface area contributed by atoms with E-state index in [0.29, 0.717) is 5.11 Å². The van der Waals surface area contributed by atoms with Crippen LogP contribution in [-0.2, 0) is 0 Å². The summed E-state index contributed by atoms with van der Waals surface area (Å²) in [4.78, 5) is 2.40. The summed E-state index contributed by atoms with van der Waals surface area (Å²) in [6.45, 7) is 12.8. The van der Waals surface area contributed by atoms with Crippen LogP contribution < -0.4 is 15.6 Å². The maximum atomic E-state index is 5.37. The number of hydrogen-bond acceptors (Lipinski definition) is 3. The maximum absolute atomic E-state index is 5.37. The molecule has 0 bridgehead atoms. The molecule has 2 aromatic carbocycles. The predicted molar refractivity (Wildman–Crippen MR) is 127 cm³/mol. The molecule has 0 heterocycles. The van der Waals surface area contributed by atoms with Crippen molar-refractivity contribution in [3.05, 3.63) is 58.7 Å². The van der Waals surface area contributed by atoms with Gasteiger partial charge in [-0.2, -0.15) is 5.10 Å². The zero-order valence-corrected chi connectivity index (χ0v) is 18.5. The number of thiocarbonyl (C=S) groups is 1. The molecule has 0 fully saturated rings. The molecular formula is C23H32N4S. The van der Waals surface area contributed by atoms with Crippen molar-refractivity contribution < 1.29 is 0 Å². The third kappa shape index (κ3) is 6.34. The molecule has 0 radical (unpaired) electrons. The summed E-state index contributed by atoms with van der Waals surface area (Å²) in [5.74, 6) is 0. The Labute approximate surface area is 175 Å². The van der Waals surface area contributed by atoms with E-state index in [2.05, 4.69) is 91.8 Å². The molecule has 0 aliphatic rings. The molecule has 0 aromatic heterocycles. The van der Waals surface area contributed by atoms with Gasteiger partial charge in [0, 0.05) is 24.5 Å². The van der Waals surface area contributed by atoms with Crippen LogP contribution in [0.3, 0.4) is 0 Å². The van der Waals surface area contributed by atoms with E-state index in [4.69, 9.17) is 12.2 Å². The SMILES string of the molecule is CCCCN(CC)c1ccc(/C=N/NC(=S)Nc2c(C)cc(C)cc2C)cc1. The summed E-state index contributed by atoms with van der Waals surface area (Å²) in [6.07, 6.45) is 4.21. The van der Waals surface area contributed by atoms with E-state index in [1.54, 1.807) is 6.21 Å². The van der Waals surface area contributed by atoms with Gasteiger partial charge in [0.05, 0.1) is 6.21 Å². The molecule has 0 saturated carbocycles. The maximum Gasteiger partial charge on any atom is 0.191 e. The zero-order chi connectivity index (χ0) is 20.5. The molecule has 0 saturated heterocycles. The Bertz CT molecular complexity index is 789. The van der Waals surface area contributed by atoms with Crippen LogP contribution >= 0.6 is 12.2 Å². The molecule has 2 rings (SSSR count). The third-order valence-corrected chi connectivity index (χ3v) is 4.91. The topological polar surface area (TPSA) is 39.7 Å². The van der Waals surface area contributed by atoms with E-state index in [1.807, 2.05) is 0 Å². The van der Waals surface area contributed by atoms with E-state index < -0.39 is 0 Å². The Morgan fingerprint density at radius 2 is 1.71 bits per heavy atom. The number of rotatable bonds is 8. The fourth-order valence-electron chi connectivity index (χ4n) is 3.27. The summed E-state index contributed by atoms with van der Waals surface area (Å²) in [6, 6.07) is 12.7. The minimum Gasteiger partial charge on any atom is -0.372 e. The quantitative estimate of drug-likeness (QED) is 0.348. The van der Waals surface area contributed by atoms with Crippen molar-refractivity contribution in [3.63, 3.8) is 0 Å². The standard InChI is InChI=1S/C23H32N4S/c1-6-8-13-27(7-2)21-11-9-20(10-12-21)16-24-26-23(28)25-22-18(4)14-17(3)15-19(22)5/h9-12,14-16H,6-8,13H2,1-5H3,(H2,25,26,28)/b24-16+. The van der Waals surface area contributed by atoms with E-state index >= 15 is 0 Å². The highest BCUT2D eigenvalue weighted by Gasteiger charge is 2.05. The van der Waals surface area contributed by atoms with Gasteiger partial charge in [0.1, 0.15) is 0 Å². The van der Waals surface area contributed by atoms with Crippen LogP contribution in [-0.4, -0.2) is 24.4 Å². The molecule has 2 aromatic rings. The van der Waals surface area contributed by atoms with Gasteiger partial charge in [-0.1, -0.05) is 43.2 Å². The molecule has 0 unspecified atom stereocenters. The minimum atomic E-state index is 0.486. The number of nitrogens with zero attached hydrogens (tertiary/aromatic N) is 2. The summed E-state index contributed by atoms with van der Waals surface area (Å²) in [5.41, 5.74) is 9.82. The lowest BCUT2D eigenvalue weighted by atomic mass is 10.1. The van der Waals surface area contributed by atoms with Crippen molar-refractivity contribution in [1.82, 2.24) is 5.43 Å². The Morgan fingerprint density at radius 1 is 1.07 bits per heavy atom. The number of anilines is 2. The molecule has 0 atom stereocenters. The van der Waals surface area contributed by atoms with E-state index in [1.165, 1.54) is 35.2 Å². The van der Waals surface area contributed by atoms with Gasteiger partial charge in [0.2, 0.25) is 0 Å². The summed E-state index contributed by atoms with van der Waals surface area (Å²) >= 11 is 5.37. The number of aryl methyl sites for hydroxylation is 3. The zero-order valence-electron chi connectivity index (χ0n) is 17.7. The van der Waals surface area contributed by atoms with Gasteiger partial charge in [0.15, 0.2) is 5.11 Å². The van der Waals surface area contributed by atoms with Crippen molar-refractivity contribution in [1.29, 1.82) is 0 Å². The van der Waals surface area contributed by atoms with Crippen molar-refractivity contribution in [3.8, 4) is 0 Å². The second kappa shape index (κ2) is 10.8. The number of unbranched alkanes of at least 4 members (excludes halogenated alkanes) is 1. The van der Waals surface area contributed by atoms with Gasteiger partial charge in [-0.05, 0) is 75.2 Å². The second-order valence-corrected chi connectivity index (χ2v) is 7.53. The molecule has 150 valence electrons. The normalized spacial score (nSPS) is 10.9. The molecule has 0 aliphatic carbocycles. The fourth-order valence-corrected chi connectivity index (χ4v) is 3.43. The lowest BCUT2D eigenvalue weighted by Gasteiger charge is -2.22. The van der Waals surface area contributed by atoms with E-state index in [0.717, 1.165) is 24.3 Å². The average Bonchev–Trinajstić information content (AvgIpc) is 2.66. The number of benzene rings is 2. The van der Waals surface area contributed by atoms with Gasteiger partial charge >= 0.3 is 0 Å². The number of nitrogens with one attached hydrogen (secondary N) is 2. The van der Waals surface area contributed by atoms with Crippen LogP contribution in [0.15, 0.2) is 41.5 Å². The van der Waals surface area contributed by atoms with Crippen LogP contribution in [0, 0.1) is 20.8 Å². The van der Waals surface area contributed by atoms with Gasteiger partial charge < -0.3 is 10.2 Å². The van der Waals surface area contributed by atoms with Crippen molar-refractivity contribution in [2.75, 3.05) is 23.3 Å². The van der Waals surface area contributed by atoms with E-state index in [9.17, 15) is 0 Å². The Morgan fingerprint density at radius 3 is 2.29 bits per heavy atom. The third-order valence-electron chi connectivity index (χ3n) is 4.72. The predicted octanol–water partition coefficient (Wildman–Crippen LogP) is 5.56. The first-order chi connectivity index (χ1) is 13.4. The van der Waals surface area contributed by atoms with Crippen molar-refractivity contribution >= 4 is 34.9 Å². The number of hydrogen-bond donors (Lipinski definition) is 2. The molecule has 2 N–H and O–H groups in total. The first-order valence-electron chi connectivity index (χ1n) is 9.97. The average molecular weight is 397 g/mol. The second-order valence-electron chi connectivity index (χ2n) is 7.12. The molecular weight excluding hydrogens is 364 g/mol. The Balaban J connectivity index is 1.93. The summed E-state index contributed by atoms with van der Waals surface area (Å²) in [5, 5.41) is 8.00. The lowest BCUT2D eigenvalue weighted by Crippen LogP contribution is -2.25. The van der Waals surface area contributed by atoms with Crippen LogP contribution in [0.25, 0.3) is 0 Å². The van der Waals surface area contributed by atoms with Crippen LogP contribution in [0.1, 0.15) is 48.9 Å². The molecule has 4 nitrogen and oxygen atoms in total.